The molecular formula is C36H26B5N3. The molecule has 3 nitrogen and oxygen atoms in total. The maximum atomic E-state index is 5.45. The van der Waals surface area contributed by atoms with E-state index in [9.17, 15) is 0 Å². The summed E-state index contributed by atoms with van der Waals surface area (Å²) in [4.78, 5) is 10.9. The van der Waals surface area contributed by atoms with Gasteiger partial charge in [-0.15, -0.1) is 16.4 Å². The summed E-state index contributed by atoms with van der Waals surface area (Å²) in [6, 6.07) is 35.1. The maximum absolute atomic E-state index is 5.45. The van der Waals surface area contributed by atoms with E-state index in [1.807, 2.05) is 0 Å². The third-order valence-electron chi connectivity index (χ3n) is 10.3. The minimum Gasteiger partial charge on any atom is -0.292 e. The van der Waals surface area contributed by atoms with Gasteiger partial charge in [0.1, 0.15) is 44.9 Å². The summed E-state index contributed by atoms with van der Waals surface area (Å²) >= 11 is 0. The van der Waals surface area contributed by atoms with Crippen LogP contribution in [0.4, 0.5) is 0 Å². The lowest BCUT2D eigenvalue weighted by Gasteiger charge is -2.22. The van der Waals surface area contributed by atoms with Crippen molar-refractivity contribution in [3.05, 3.63) is 97.1 Å². The summed E-state index contributed by atoms with van der Waals surface area (Å²) < 4.78 is 2.39. The average molecular weight is 555 g/mol. The van der Waals surface area contributed by atoms with Gasteiger partial charge in [-0.3, -0.25) is 4.57 Å². The van der Waals surface area contributed by atoms with Crippen molar-refractivity contribution in [2.45, 2.75) is 0 Å². The van der Waals surface area contributed by atoms with Crippen LogP contribution in [0.5, 0.6) is 0 Å². The molecule has 0 aliphatic heterocycles. The molecule has 44 heavy (non-hydrogen) atoms. The second kappa shape index (κ2) is 9.03. The topological polar surface area (TPSA) is 30.7 Å². The highest BCUT2D eigenvalue weighted by molar-refractivity contribution is 6.68. The molecule has 0 saturated heterocycles. The van der Waals surface area contributed by atoms with Crippen molar-refractivity contribution < 1.29 is 0 Å². The van der Waals surface area contributed by atoms with Crippen LogP contribution in [-0.2, 0) is 0 Å². The third kappa shape index (κ3) is 3.23. The van der Waals surface area contributed by atoms with Gasteiger partial charge in [-0.1, -0.05) is 83.7 Å². The quantitative estimate of drug-likeness (QED) is 0.292. The molecular weight excluding hydrogens is 528 g/mol. The number of aromatic nitrogens is 3. The first kappa shape index (κ1) is 25.5. The summed E-state index contributed by atoms with van der Waals surface area (Å²) in [7, 11) is 11.2. The van der Waals surface area contributed by atoms with Crippen molar-refractivity contribution in [3.63, 3.8) is 0 Å². The molecule has 0 spiro atoms. The van der Waals surface area contributed by atoms with Gasteiger partial charge >= 0.3 is 0 Å². The summed E-state index contributed by atoms with van der Waals surface area (Å²) in [5.74, 6) is 0.875. The molecule has 6 aromatic carbocycles. The zero-order chi connectivity index (χ0) is 29.9. The van der Waals surface area contributed by atoms with Crippen molar-refractivity contribution in [2.75, 3.05) is 0 Å². The Balaban J connectivity index is 1.52. The Morgan fingerprint density at radius 1 is 0.432 bits per heavy atom. The van der Waals surface area contributed by atoms with Gasteiger partial charge in [0, 0.05) is 10.8 Å². The van der Waals surface area contributed by atoms with Gasteiger partial charge in [0.05, 0.1) is 22.1 Å². The van der Waals surface area contributed by atoms with Crippen LogP contribution in [-0.4, -0.2) is 53.8 Å². The first-order chi connectivity index (χ1) is 21.4. The zero-order valence-electron chi connectivity index (χ0n) is 25.6. The van der Waals surface area contributed by atoms with Gasteiger partial charge in [0.25, 0.3) is 0 Å². The van der Waals surface area contributed by atoms with Gasteiger partial charge in [0.2, 0.25) is 0 Å². The predicted molar refractivity (Wildman–Crippen MR) is 202 cm³/mol. The van der Waals surface area contributed by atoms with Gasteiger partial charge in [-0.25, -0.2) is 9.97 Å². The number of hydrogen-bond acceptors (Lipinski definition) is 2. The Hall–Kier alpha value is -4.96. The summed E-state index contributed by atoms with van der Waals surface area (Å²) in [6.07, 6.45) is 0. The SMILES string of the molecule is Bc1c(B)c(B)c(-c2nc3ccccc3nc2-n2c3cccc4c3c3c5c(cccc5ccc32)-c2ccccc2-4)c(B)c1B. The first-order valence-electron chi connectivity index (χ1n) is 15.4. The van der Waals surface area contributed by atoms with E-state index in [-0.39, 0.29) is 0 Å². The lowest BCUT2D eigenvalue weighted by Crippen LogP contribution is -2.55. The number of hydrogen-bond donors (Lipinski definition) is 0. The second-order valence-electron chi connectivity index (χ2n) is 12.3. The maximum Gasteiger partial charge on any atom is 0.164 e. The van der Waals surface area contributed by atoms with Crippen molar-refractivity contribution in [3.8, 4) is 39.3 Å². The molecule has 8 aromatic rings. The van der Waals surface area contributed by atoms with Crippen LogP contribution in [0, 0.1) is 0 Å². The van der Waals surface area contributed by atoms with Crippen LogP contribution in [0.15, 0.2) is 97.1 Å². The largest absolute Gasteiger partial charge is 0.292 e. The van der Waals surface area contributed by atoms with E-state index in [0.29, 0.717) is 0 Å². The van der Waals surface area contributed by atoms with E-state index in [4.69, 9.17) is 9.97 Å². The summed E-state index contributed by atoms with van der Waals surface area (Å²) in [5, 5.41) is 5.11. The summed E-state index contributed by atoms with van der Waals surface area (Å²) in [5.41, 5.74) is 17.8. The molecule has 2 aromatic heterocycles. The highest BCUT2D eigenvalue weighted by atomic mass is 15.1. The van der Waals surface area contributed by atoms with E-state index in [0.717, 1.165) is 33.6 Å². The second-order valence-corrected chi connectivity index (χ2v) is 12.3. The van der Waals surface area contributed by atoms with Crippen LogP contribution in [0.25, 0.3) is 82.9 Å². The average Bonchev–Trinajstić information content (AvgIpc) is 3.34. The highest BCUT2D eigenvalue weighted by Gasteiger charge is 2.27. The van der Waals surface area contributed by atoms with Gasteiger partial charge in [-0.05, 0) is 62.9 Å². The molecule has 0 fully saturated rings. The van der Waals surface area contributed by atoms with Gasteiger partial charge < -0.3 is 0 Å². The Morgan fingerprint density at radius 2 is 0.977 bits per heavy atom. The van der Waals surface area contributed by atoms with Crippen LogP contribution in [0.3, 0.4) is 0 Å². The van der Waals surface area contributed by atoms with Crippen LogP contribution < -0.4 is 27.3 Å². The molecule has 2 heterocycles. The molecule has 0 amide bonds. The van der Waals surface area contributed by atoms with E-state index >= 15 is 0 Å². The molecule has 1 aliphatic rings. The monoisotopic (exact) mass is 555 g/mol. The minimum atomic E-state index is 0.875. The van der Waals surface area contributed by atoms with Gasteiger partial charge in [-0.2, -0.15) is 0 Å². The molecule has 1 aliphatic carbocycles. The molecule has 200 valence electrons. The van der Waals surface area contributed by atoms with Crippen molar-refractivity contribution in [1.82, 2.24) is 14.5 Å². The Labute approximate surface area is 260 Å². The van der Waals surface area contributed by atoms with Crippen molar-refractivity contribution >= 4 is 110 Å². The molecule has 0 unspecified atom stereocenters. The number of nitrogens with zero attached hydrogens (tertiary/aromatic N) is 3. The fraction of sp³-hybridized carbons (Fsp3) is 0. The molecule has 0 bridgehead atoms. The van der Waals surface area contributed by atoms with E-state index < -0.39 is 0 Å². The lowest BCUT2D eigenvalue weighted by molar-refractivity contribution is 1.08. The number of benzene rings is 6. The lowest BCUT2D eigenvalue weighted by atomic mass is 9.60. The Kier molecular flexibility index (Phi) is 5.24. The fourth-order valence-electron chi connectivity index (χ4n) is 7.73. The normalized spacial score (nSPS) is 12.1. The number of fused-ring (bicyclic) bond motifs is 4. The van der Waals surface area contributed by atoms with Crippen LogP contribution >= 0.6 is 0 Å². The Bertz CT molecular complexity index is 2540. The Morgan fingerprint density at radius 3 is 1.68 bits per heavy atom. The van der Waals surface area contributed by atoms with Crippen molar-refractivity contribution in [1.29, 1.82) is 0 Å². The number of para-hydroxylation sites is 2. The third-order valence-corrected chi connectivity index (χ3v) is 10.3. The number of rotatable bonds is 2. The molecule has 0 saturated carbocycles. The van der Waals surface area contributed by atoms with E-state index in [1.54, 1.807) is 0 Å². The zero-order valence-corrected chi connectivity index (χ0v) is 25.6. The fourth-order valence-corrected chi connectivity index (χ4v) is 7.73. The predicted octanol–water partition coefficient (Wildman–Crippen LogP) is 0.487. The van der Waals surface area contributed by atoms with Crippen LogP contribution in [0.2, 0.25) is 0 Å². The van der Waals surface area contributed by atoms with Crippen molar-refractivity contribution in [2.24, 2.45) is 0 Å². The highest BCUT2D eigenvalue weighted by Crippen LogP contribution is 2.49. The minimum absolute atomic E-state index is 0.875. The van der Waals surface area contributed by atoms with Crippen LogP contribution in [0.1, 0.15) is 0 Å². The van der Waals surface area contributed by atoms with E-state index in [2.05, 4.69) is 141 Å². The molecule has 9 rings (SSSR count). The molecule has 0 radical (unpaired) electrons. The van der Waals surface area contributed by atoms with E-state index in [1.165, 1.54) is 76.7 Å². The first-order valence-corrected chi connectivity index (χ1v) is 15.4. The van der Waals surface area contributed by atoms with Gasteiger partial charge in [0.15, 0.2) is 5.82 Å². The summed E-state index contributed by atoms with van der Waals surface area (Å²) in [6.45, 7) is 0. The standard InChI is InChI=1S/C36H26B5N3/c37-30-29(31(38)33(40)34(41)32(30)39)35-36(43-23-13-4-3-12-22(23)42-35)44-24-14-6-11-21-19-9-2-1-8-18(19)20-10-5-7-17-15-16-25(44)28(26(17)20)27(21)24/h1-16H,37-41H2. The molecule has 0 N–H and O–H groups in total. The molecule has 0 atom stereocenters. The smallest absolute Gasteiger partial charge is 0.164 e. The molecule has 8 heteroatoms.